The van der Waals surface area contributed by atoms with Gasteiger partial charge in [0, 0.05) is 13.2 Å². The van der Waals surface area contributed by atoms with Gasteiger partial charge in [0.05, 0.1) is 5.56 Å². The summed E-state index contributed by atoms with van der Waals surface area (Å²) in [5.74, 6) is -0.863. The van der Waals surface area contributed by atoms with Crippen LogP contribution in [0.2, 0.25) is 0 Å². The summed E-state index contributed by atoms with van der Waals surface area (Å²) in [6.45, 7) is 0. The molecule has 0 aliphatic heterocycles. The van der Waals surface area contributed by atoms with Gasteiger partial charge in [0.1, 0.15) is 6.33 Å². The van der Waals surface area contributed by atoms with Crippen molar-refractivity contribution in [2.45, 2.75) is 6.18 Å². The Morgan fingerprint density at radius 2 is 2.14 bits per heavy atom. The molecule has 14 heavy (non-hydrogen) atoms. The third kappa shape index (κ3) is 1.98. The molecule has 0 bridgehead atoms. The fraction of sp³-hybridized carbons (Fsp3) is 0.286. The summed E-state index contributed by atoms with van der Waals surface area (Å²) in [7, 11) is 1.23. The average Bonchev–Trinajstić information content (AvgIpc) is 2.15. The monoisotopic (exact) mass is 205 g/mol. The number of halogens is 3. The van der Waals surface area contributed by atoms with Crippen LogP contribution < -0.4 is 5.32 Å². The van der Waals surface area contributed by atoms with Gasteiger partial charge in [0.2, 0.25) is 0 Å². The molecule has 1 aromatic rings. The molecule has 1 N–H and O–H groups in total. The molecule has 0 unspecified atom stereocenters. The van der Waals surface area contributed by atoms with E-state index >= 15 is 0 Å². The molecule has 4 nitrogen and oxygen atoms in total. The van der Waals surface area contributed by atoms with Gasteiger partial charge in [-0.05, 0) is 0 Å². The fourth-order valence-electron chi connectivity index (χ4n) is 0.856. The van der Waals surface area contributed by atoms with Crippen LogP contribution in [0.4, 0.5) is 13.2 Å². The summed E-state index contributed by atoms with van der Waals surface area (Å²) in [4.78, 5) is 17.4. The van der Waals surface area contributed by atoms with Gasteiger partial charge in [-0.15, -0.1) is 0 Å². The Labute approximate surface area is 77.2 Å². The smallest absolute Gasteiger partial charge is 0.355 e. The predicted octanol–water partition coefficient (Wildman–Crippen LogP) is 0.855. The van der Waals surface area contributed by atoms with Gasteiger partial charge in [-0.25, -0.2) is 9.97 Å². The van der Waals surface area contributed by atoms with E-state index in [0.29, 0.717) is 0 Å². The zero-order chi connectivity index (χ0) is 10.8. The maximum atomic E-state index is 12.3. The summed E-state index contributed by atoms with van der Waals surface area (Å²) < 4.78 is 36.8. The molecule has 0 aliphatic carbocycles. The van der Waals surface area contributed by atoms with E-state index in [-0.39, 0.29) is 0 Å². The lowest BCUT2D eigenvalue weighted by Crippen LogP contribution is -2.23. The fourth-order valence-corrected chi connectivity index (χ4v) is 0.856. The number of aromatic nitrogens is 2. The zero-order valence-corrected chi connectivity index (χ0v) is 7.09. The molecule has 0 radical (unpaired) electrons. The first-order chi connectivity index (χ1) is 6.46. The first kappa shape index (κ1) is 10.4. The van der Waals surface area contributed by atoms with E-state index in [0.717, 1.165) is 12.5 Å². The maximum Gasteiger partial charge on any atom is 0.434 e. The first-order valence-corrected chi connectivity index (χ1v) is 3.56. The molecule has 0 saturated carbocycles. The summed E-state index contributed by atoms with van der Waals surface area (Å²) in [5, 5.41) is 2.07. The molecule has 0 spiro atoms. The zero-order valence-electron chi connectivity index (χ0n) is 7.09. The Morgan fingerprint density at radius 3 is 2.64 bits per heavy atom. The number of nitrogens with one attached hydrogen (secondary N) is 1. The Bertz CT molecular complexity index is 350. The van der Waals surface area contributed by atoms with E-state index in [1.54, 1.807) is 0 Å². The normalized spacial score (nSPS) is 11.1. The lowest BCUT2D eigenvalue weighted by molar-refractivity contribution is -0.141. The molecule has 0 aliphatic rings. The third-order valence-corrected chi connectivity index (χ3v) is 1.45. The summed E-state index contributed by atoms with van der Waals surface area (Å²) in [6.07, 6.45) is -3.07. The SMILES string of the molecule is CNC(=O)c1cncnc1C(F)(F)F. The Kier molecular flexibility index (Phi) is 2.68. The van der Waals surface area contributed by atoms with Crippen molar-refractivity contribution in [3.05, 3.63) is 23.8 Å². The Balaban J connectivity index is 3.23. The largest absolute Gasteiger partial charge is 0.434 e. The highest BCUT2D eigenvalue weighted by Crippen LogP contribution is 2.29. The van der Waals surface area contributed by atoms with Crippen LogP contribution in [0.25, 0.3) is 0 Å². The standard InChI is InChI=1S/C7H6F3N3O/c1-11-6(14)4-2-12-3-13-5(4)7(8,9)10/h2-3H,1H3,(H,11,14). The van der Waals surface area contributed by atoms with Crippen molar-refractivity contribution in [2.24, 2.45) is 0 Å². The molecule has 1 amide bonds. The van der Waals surface area contributed by atoms with Crippen molar-refractivity contribution in [1.29, 1.82) is 0 Å². The topological polar surface area (TPSA) is 54.9 Å². The highest BCUT2D eigenvalue weighted by atomic mass is 19.4. The second-order valence-electron chi connectivity index (χ2n) is 2.36. The van der Waals surface area contributed by atoms with Crippen LogP contribution in [0.5, 0.6) is 0 Å². The predicted molar refractivity (Wildman–Crippen MR) is 40.4 cm³/mol. The molecule has 0 fully saturated rings. The van der Waals surface area contributed by atoms with E-state index in [1.165, 1.54) is 7.05 Å². The minimum absolute atomic E-state index is 0.581. The Morgan fingerprint density at radius 1 is 1.50 bits per heavy atom. The van der Waals surface area contributed by atoms with Crippen LogP contribution in [0.15, 0.2) is 12.5 Å². The number of hydrogen-bond donors (Lipinski definition) is 1. The number of amides is 1. The van der Waals surface area contributed by atoms with Gasteiger partial charge in [-0.3, -0.25) is 4.79 Å². The highest BCUT2D eigenvalue weighted by Gasteiger charge is 2.37. The van der Waals surface area contributed by atoms with Gasteiger partial charge < -0.3 is 5.32 Å². The first-order valence-electron chi connectivity index (χ1n) is 3.56. The van der Waals surface area contributed by atoms with E-state index in [1.807, 2.05) is 0 Å². The molecule has 76 valence electrons. The van der Waals surface area contributed by atoms with Crippen LogP contribution in [0.3, 0.4) is 0 Å². The van der Waals surface area contributed by atoms with E-state index in [9.17, 15) is 18.0 Å². The van der Waals surface area contributed by atoms with Gasteiger partial charge in [-0.1, -0.05) is 0 Å². The molecular weight excluding hydrogens is 199 g/mol. The average molecular weight is 205 g/mol. The second kappa shape index (κ2) is 3.60. The van der Waals surface area contributed by atoms with E-state index in [2.05, 4.69) is 15.3 Å². The van der Waals surface area contributed by atoms with Crippen molar-refractivity contribution < 1.29 is 18.0 Å². The summed E-state index contributed by atoms with van der Waals surface area (Å²) >= 11 is 0. The lowest BCUT2D eigenvalue weighted by atomic mass is 10.2. The molecular formula is C7H6F3N3O. The second-order valence-corrected chi connectivity index (χ2v) is 2.36. The number of rotatable bonds is 1. The van der Waals surface area contributed by atoms with Crippen LogP contribution in [0.1, 0.15) is 16.1 Å². The quantitative estimate of drug-likeness (QED) is 0.739. The van der Waals surface area contributed by atoms with Gasteiger partial charge >= 0.3 is 6.18 Å². The molecule has 0 atom stereocenters. The van der Waals surface area contributed by atoms with E-state index < -0.39 is 23.3 Å². The Hall–Kier alpha value is -1.66. The van der Waals surface area contributed by atoms with Crippen molar-refractivity contribution in [3.8, 4) is 0 Å². The van der Waals surface area contributed by atoms with Crippen molar-refractivity contribution >= 4 is 5.91 Å². The minimum Gasteiger partial charge on any atom is -0.355 e. The van der Waals surface area contributed by atoms with Gasteiger partial charge in [0.15, 0.2) is 5.69 Å². The maximum absolute atomic E-state index is 12.3. The molecule has 1 rings (SSSR count). The van der Waals surface area contributed by atoms with E-state index in [4.69, 9.17) is 0 Å². The van der Waals surface area contributed by atoms with Crippen LogP contribution >= 0.6 is 0 Å². The summed E-state index contributed by atoms with van der Waals surface area (Å²) in [6, 6.07) is 0. The number of hydrogen-bond acceptors (Lipinski definition) is 3. The molecule has 7 heteroatoms. The molecule has 1 heterocycles. The number of carbonyl (C=O) groups excluding carboxylic acids is 1. The lowest BCUT2D eigenvalue weighted by Gasteiger charge is -2.08. The third-order valence-electron chi connectivity index (χ3n) is 1.45. The molecule has 0 aromatic carbocycles. The number of carbonyl (C=O) groups is 1. The molecule has 1 aromatic heterocycles. The van der Waals surface area contributed by atoms with Crippen LogP contribution in [-0.2, 0) is 6.18 Å². The minimum atomic E-state index is -4.65. The van der Waals surface area contributed by atoms with Crippen molar-refractivity contribution in [1.82, 2.24) is 15.3 Å². The highest BCUT2D eigenvalue weighted by molar-refractivity contribution is 5.94. The van der Waals surface area contributed by atoms with Crippen LogP contribution in [-0.4, -0.2) is 22.9 Å². The van der Waals surface area contributed by atoms with Crippen LogP contribution in [0, 0.1) is 0 Å². The molecule has 0 saturated heterocycles. The number of alkyl halides is 3. The number of nitrogens with zero attached hydrogens (tertiary/aromatic N) is 2. The van der Waals surface area contributed by atoms with Gasteiger partial charge in [0.25, 0.3) is 5.91 Å². The van der Waals surface area contributed by atoms with Gasteiger partial charge in [-0.2, -0.15) is 13.2 Å². The summed E-state index contributed by atoms with van der Waals surface area (Å²) in [5.41, 5.74) is -1.81. The van der Waals surface area contributed by atoms with Crippen molar-refractivity contribution in [3.63, 3.8) is 0 Å². The van der Waals surface area contributed by atoms with Crippen molar-refractivity contribution in [2.75, 3.05) is 7.05 Å².